The smallest absolute Gasteiger partial charge is 0.225 e. The summed E-state index contributed by atoms with van der Waals surface area (Å²) < 4.78 is 1.87. The second kappa shape index (κ2) is 8.59. The Bertz CT molecular complexity index is 1120. The van der Waals surface area contributed by atoms with Crippen LogP contribution in [-0.4, -0.2) is 20.4 Å². The van der Waals surface area contributed by atoms with E-state index in [0.717, 1.165) is 27.8 Å². The van der Waals surface area contributed by atoms with Gasteiger partial charge < -0.3 is 5.32 Å². The molecule has 0 bridgehead atoms. The fraction of sp³-hybridized carbons (Fsp3) is 0.136. The second-order valence-corrected chi connectivity index (χ2v) is 7.86. The first-order chi connectivity index (χ1) is 14.1. The molecule has 146 valence electrons. The second-order valence-electron chi connectivity index (χ2n) is 6.58. The number of carbonyl (C=O) groups is 1. The topological polar surface area (TPSA) is 59.8 Å². The molecule has 0 saturated heterocycles. The van der Waals surface area contributed by atoms with Crippen molar-refractivity contribution in [2.24, 2.45) is 0 Å². The summed E-state index contributed by atoms with van der Waals surface area (Å²) in [6.07, 6.45) is 2.76. The summed E-state index contributed by atoms with van der Waals surface area (Å²) in [4.78, 5) is 21.5. The van der Waals surface area contributed by atoms with E-state index in [0.29, 0.717) is 23.7 Å². The number of halogens is 1. The Hall–Kier alpha value is -2.96. The van der Waals surface area contributed by atoms with E-state index in [1.54, 1.807) is 6.20 Å². The molecule has 1 amide bonds. The summed E-state index contributed by atoms with van der Waals surface area (Å²) in [7, 11) is 0. The average Bonchev–Trinajstić information content (AvgIpc) is 3.34. The number of rotatable bonds is 6. The summed E-state index contributed by atoms with van der Waals surface area (Å²) in [6, 6.07) is 17.5. The number of imidazole rings is 1. The molecule has 0 aliphatic rings. The Morgan fingerprint density at radius 3 is 2.66 bits per heavy atom. The number of hydrogen-bond acceptors (Lipinski definition) is 4. The van der Waals surface area contributed by atoms with Crippen molar-refractivity contribution in [2.45, 2.75) is 19.8 Å². The van der Waals surface area contributed by atoms with E-state index in [-0.39, 0.29) is 5.91 Å². The Morgan fingerprint density at radius 2 is 1.90 bits per heavy atom. The molecule has 0 aliphatic heterocycles. The summed E-state index contributed by atoms with van der Waals surface area (Å²) in [5.74, 6) is 1.34. The molecule has 0 spiro atoms. The van der Waals surface area contributed by atoms with E-state index in [2.05, 4.69) is 10.3 Å². The van der Waals surface area contributed by atoms with Gasteiger partial charge in [-0.25, -0.2) is 9.97 Å². The van der Waals surface area contributed by atoms with E-state index in [4.69, 9.17) is 16.6 Å². The first kappa shape index (κ1) is 19.4. The quantitative estimate of drug-likeness (QED) is 0.444. The molecule has 1 N–H and O–H groups in total. The summed E-state index contributed by atoms with van der Waals surface area (Å²) >= 11 is 7.47. The number of hydrogen-bond donors (Lipinski definition) is 1. The van der Waals surface area contributed by atoms with Crippen LogP contribution in [0.5, 0.6) is 0 Å². The Morgan fingerprint density at radius 1 is 1.14 bits per heavy atom. The van der Waals surface area contributed by atoms with Crippen LogP contribution in [0.15, 0.2) is 66.2 Å². The van der Waals surface area contributed by atoms with Gasteiger partial charge >= 0.3 is 0 Å². The van der Waals surface area contributed by atoms with Gasteiger partial charge in [0.05, 0.1) is 11.9 Å². The highest BCUT2D eigenvalue weighted by Crippen LogP contribution is 2.28. The maximum Gasteiger partial charge on any atom is 0.225 e. The van der Waals surface area contributed by atoms with Crippen molar-refractivity contribution < 1.29 is 4.79 Å². The Labute approximate surface area is 178 Å². The van der Waals surface area contributed by atoms with Crippen LogP contribution >= 0.6 is 22.9 Å². The van der Waals surface area contributed by atoms with E-state index >= 15 is 0 Å². The maximum absolute atomic E-state index is 12.5. The van der Waals surface area contributed by atoms with Gasteiger partial charge in [0.25, 0.3) is 0 Å². The van der Waals surface area contributed by atoms with Gasteiger partial charge in [0.1, 0.15) is 11.6 Å². The lowest BCUT2D eigenvalue weighted by Crippen LogP contribution is -2.15. The third kappa shape index (κ3) is 4.55. The van der Waals surface area contributed by atoms with Crippen molar-refractivity contribution in [3.63, 3.8) is 0 Å². The molecule has 0 fully saturated rings. The number of thiazole rings is 1. The molecule has 2 heterocycles. The monoisotopic (exact) mass is 422 g/mol. The lowest BCUT2D eigenvalue weighted by Gasteiger charge is -2.08. The van der Waals surface area contributed by atoms with Crippen LogP contribution in [0.2, 0.25) is 5.02 Å². The van der Waals surface area contributed by atoms with E-state index in [1.165, 1.54) is 11.3 Å². The number of nitrogens with one attached hydrogen (secondary N) is 1. The van der Waals surface area contributed by atoms with Crippen LogP contribution in [0.25, 0.3) is 16.4 Å². The van der Waals surface area contributed by atoms with E-state index in [9.17, 15) is 4.79 Å². The number of carbonyl (C=O) groups excluding carboxylic acids is 1. The summed E-state index contributed by atoms with van der Waals surface area (Å²) in [6.45, 7) is 1.89. The normalized spacial score (nSPS) is 10.8. The third-order valence-electron chi connectivity index (χ3n) is 4.51. The number of benzene rings is 2. The molecule has 7 heteroatoms. The fourth-order valence-corrected chi connectivity index (χ4v) is 4.02. The standard InChI is InChI=1S/C22H19ClN4OS/c1-15-24-13-20(26-21(28)12-7-16-5-3-2-4-6-16)27(15)22-25-19(14-29-22)17-8-10-18(23)11-9-17/h2-6,8-11,13-14H,7,12H2,1H3,(H,26,28). The highest BCUT2D eigenvalue weighted by atomic mass is 35.5. The molecule has 4 aromatic rings. The minimum atomic E-state index is -0.0514. The van der Waals surface area contributed by atoms with Gasteiger partial charge in [0, 0.05) is 22.4 Å². The Balaban J connectivity index is 1.50. The predicted molar refractivity (Wildman–Crippen MR) is 118 cm³/mol. The van der Waals surface area contributed by atoms with E-state index in [1.807, 2.05) is 71.5 Å². The van der Waals surface area contributed by atoms with Crippen LogP contribution < -0.4 is 5.32 Å². The lowest BCUT2D eigenvalue weighted by atomic mass is 10.1. The van der Waals surface area contributed by atoms with Crippen molar-refractivity contribution in [3.05, 3.63) is 82.6 Å². The minimum Gasteiger partial charge on any atom is -0.310 e. The maximum atomic E-state index is 12.5. The molecule has 4 rings (SSSR count). The molecule has 2 aromatic heterocycles. The van der Waals surface area contributed by atoms with Crippen molar-refractivity contribution >= 4 is 34.7 Å². The van der Waals surface area contributed by atoms with Gasteiger partial charge in [-0.1, -0.05) is 54.1 Å². The molecule has 0 atom stereocenters. The van der Waals surface area contributed by atoms with Crippen LogP contribution in [0.4, 0.5) is 5.82 Å². The van der Waals surface area contributed by atoms with Gasteiger partial charge in [-0.05, 0) is 31.0 Å². The van der Waals surface area contributed by atoms with Gasteiger partial charge in [0.2, 0.25) is 5.91 Å². The molecule has 0 unspecified atom stereocenters. The zero-order valence-corrected chi connectivity index (χ0v) is 17.4. The van der Waals surface area contributed by atoms with Crippen LogP contribution in [0.3, 0.4) is 0 Å². The minimum absolute atomic E-state index is 0.0514. The third-order valence-corrected chi connectivity index (χ3v) is 5.59. The molecule has 5 nitrogen and oxygen atoms in total. The lowest BCUT2D eigenvalue weighted by molar-refractivity contribution is -0.116. The average molecular weight is 423 g/mol. The summed E-state index contributed by atoms with van der Waals surface area (Å²) in [5.41, 5.74) is 2.99. The number of amides is 1. The highest BCUT2D eigenvalue weighted by molar-refractivity contribution is 7.12. The molecule has 0 aliphatic carbocycles. The number of nitrogens with zero attached hydrogens (tertiary/aromatic N) is 3. The molecule has 0 radical (unpaired) electrons. The highest BCUT2D eigenvalue weighted by Gasteiger charge is 2.15. The van der Waals surface area contributed by atoms with Gasteiger partial charge in [0.15, 0.2) is 5.13 Å². The molecule has 2 aromatic carbocycles. The van der Waals surface area contributed by atoms with Crippen molar-refractivity contribution in [1.29, 1.82) is 0 Å². The zero-order valence-electron chi connectivity index (χ0n) is 15.8. The van der Waals surface area contributed by atoms with Crippen molar-refractivity contribution in [2.75, 3.05) is 5.32 Å². The fourth-order valence-electron chi connectivity index (χ4n) is 3.00. The van der Waals surface area contributed by atoms with Crippen molar-refractivity contribution in [1.82, 2.24) is 14.5 Å². The number of aromatic nitrogens is 3. The Kier molecular flexibility index (Phi) is 5.74. The first-order valence-electron chi connectivity index (χ1n) is 9.20. The molecule has 0 saturated carbocycles. The van der Waals surface area contributed by atoms with Gasteiger partial charge in [-0.15, -0.1) is 11.3 Å². The molecular weight excluding hydrogens is 404 g/mol. The zero-order chi connectivity index (χ0) is 20.2. The predicted octanol–water partition coefficient (Wildman–Crippen LogP) is 5.53. The summed E-state index contributed by atoms with van der Waals surface area (Å²) in [5, 5.41) is 6.40. The van der Waals surface area contributed by atoms with Crippen LogP contribution in [0.1, 0.15) is 17.8 Å². The SMILES string of the molecule is Cc1ncc(NC(=O)CCc2ccccc2)n1-c1nc(-c2ccc(Cl)cc2)cs1. The number of anilines is 1. The van der Waals surface area contributed by atoms with Crippen LogP contribution in [-0.2, 0) is 11.2 Å². The van der Waals surface area contributed by atoms with Crippen LogP contribution in [0, 0.1) is 6.92 Å². The van der Waals surface area contributed by atoms with Crippen molar-refractivity contribution in [3.8, 4) is 16.4 Å². The van der Waals surface area contributed by atoms with Gasteiger partial charge in [-0.2, -0.15) is 0 Å². The number of aryl methyl sites for hydroxylation is 2. The van der Waals surface area contributed by atoms with E-state index < -0.39 is 0 Å². The largest absolute Gasteiger partial charge is 0.310 e. The molecule has 29 heavy (non-hydrogen) atoms. The van der Waals surface area contributed by atoms with Gasteiger partial charge in [-0.3, -0.25) is 9.36 Å². The first-order valence-corrected chi connectivity index (χ1v) is 10.5. The molecular formula is C22H19ClN4OS.